The summed E-state index contributed by atoms with van der Waals surface area (Å²) in [7, 11) is 1.97. The Morgan fingerprint density at radius 2 is 1.89 bits per heavy atom. The number of aryl methyl sites for hydroxylation is 1. The van der Waals surface area contributed by atoms with Gasteiger partial charge in [-0.3, -0.25) is 4.79 Å². The van der Waals surface area contributed by atoms with Crippen molar-refractivity contribution < 1.29 is 4.79 Å². The normalized spacial score (nSPS) is 21.0. The van der Waals surface area contributed by atoms with Gasteiger partial charge in [0.15, 0.2) is 5.82 Å². The molecule has 1 saturated carbocycles. The number of rotatable bonds is 5. The van der Waals surface area contributed by atoms with E-state index in [2.05, 4.69) is 19.9 Å². The molecule has 0 unspecified atom stereocenters. The lowest BCUT2D eigenvalue weighted by Crippen LogP contribution is -2.41. The van der Waals surface area contributed by atoms with Crippen LogP contribution in [0.15, 0.2) is 24.8 Å². The molecular formula is C22H31N5O. The van der Waals surface area contributed by atoms with E-state index >= 15 is 0 Å². The van der Waals surface area contributed by atoms with Crippen molar-refractivity contribution in [2.75, 3.05) is 13.1 Å². The fourth-order valence-electron chi connectivity index (χ4n) is 4.77. The lowest BCUT2D eigenvalue weighted by Gasteiger charge is -2.34. The molecule has 2 fully saturated rings. The molecule has 0 N–H and O–H groups in total. The lowest BCUT2D eigenvalue weighted by molar-refractivity contribution is -0.134. The number of amides is 1. The summed E-state index contributed by atoms with van der Waals surface area (Å²) in [6.45, 7) is 1.79. The minimum absolute atomic E-state index is 0.369. The van der Waals surface area contributed by atoms with Gasteiger partial charge in [-0.1, -0.05) is 19.3 Å². The Labute approximate surface area is 167 Å². The Kier molecular flexibility index (Phi) is 6.03. The van der Waals surface area contributed by atoms with Crippen LogP contribution in [0.25, 0.3) is 11.5 Å². The Bertz CT molecular complexity index is 796. The first-order valence-corrected chi connectivity index (χ1v) is 10.8. The van der Waals surface area contributed by atoms with Crippen molar-refractivity contribution in [2.45, 2.75) is 57.8 Å². The fourth-order valence-corrected chi connectivity index (χ4v) is 4.77. The highest BCUT2D eigenvalue weighted by molar-refractivity contribution is 5.76. The molecule has 0 bridgehead atoms. The zero-order valence-corrected chi connectivity index (χ0v) is 16.9. The molecule has 1 aliphatic heterocycles. The number of likely N-dealkylation sites (tertiary alicyclic amines) is 1. The molecule has 1 saturated heterocycles. The summed E-state index contributed by atoms with van der Waals surface area (Å²) in [4.78, 5) is 28.2. The van der Waals surface area contributed by atoms with Crippen LogP contribution < -0.4 is 0 Å². The van der Waals surface area contributed by atoms with Gasteiger partial charge in [-0.15, -0.1) is 0 Å². The second-order valence-electron chi connectivity index (χ2n) is 8.52. The second-order valence-corrected chi connectivity index (χ2v) is 8.52. The summed E-state index contributed by atoms with van der Waals surface area (Å²) in [5.41, 5.74) is 1.90. The Hall–Kier alpha value is -2.24. The minimum Gasteiger partial charge on any atom is -0.342 e. The van der Waals surface area contributed by atoms with Crippen LogP contribution in [0.1, 0.15) is 57.1 Å². The molecule has 0 aromatic carbocycles. The molecule has 2 aromatic rings. The van der Waals surface area contributed by atoms with Crippen LogP contribution in [0, 0.1) is 11.8 Å². The zero-order chi connectivity index (χ0) is 19.3. The van der Waals surface area contributed by atoms with Gasteiger partial charge in [0.2, 0.25) is 5.91 Å². The molecule has 2 aromatic heterocycles. The van der Waals surface area contributed by atoms with E-state index in [1.165, 1.54) is 32.1 Å². The number of carbonyl (C=O) groups is 1. The Morgan fingerprint density at radius 1 is 1.07 bits per heavy atom. The van der Waals surface area contributed by atoms with Crippen molar-refractivity contribution in [3.63, 3.8) is 0 Å². The van der Waals surface area contributed by atoms with E-state index in [0.29, 0.717) is 17.7 Å². The van der Waals surface area contributed by atoms with Gasteiger partial charge >= 0.3 is 0 Å². The van der Waals surface area contributed by atoms with E-state index in [1.807, 2.05) is 23.9 Å². The molecule has 0 spiro atoms. The highest BCUT2D eigenvalue weighted by atomic mass is 16.2. The molecule has 4 rings (SSSR count). The van der Waals surface area contributed by atoms with Crippen LogP contribution in [0.4, 0.5) is 0 Å². The van der Waals surface area contributed by atoms with E-state index in [-0.39, 0.29) is 0 Å². The smallest absolute Gasteiger partial charge is 0.222 e. The van der Waals surface area contributed by atoms with Crippen LogP contribution in [0.2, 0.25) is 0 Å². The molecule has 150 valence electrons. The van der Waals surface area contributed by atoms with Crippen LogP contribution in [0.3, 0.4) is 0 Å². The summed E-state index contributed by atoms with van der Waals surface area (Å²) in [6.07, 6.45) is 15.7. The first kappa shape index (κ1) is 19.1. The molecule has 1 amide bonds. The van der Waals surface area contributed by atoms with Crippen LogP contribution in [-0.2, 0) is 18.3 Å². The van der Waals surface area contributed by atoms with Gasteiger partial charge in [0.25, 0.3) is 0 Å². The van der Waals surface area contributed by atoms with Gasteiger partial charge < -0.3 is 9.47 Å². The maximum atomic E-state index is 12.8. The highest BCUT2D eigenvalue weighted by Crippen LogP contribution is 2.28. The van der Waals surface area contributed by atoms with Crippen molar-refractivity contribution in [3.8, 4) is 11.5 Å². The molecule has 3 heterocycles. The summed E-state index contributed by atoms with van der Waals surface area (Å²) in [5.74, 6) is 2.32. The number of aromatic nitrogens is 4. The minimum atomic E-state index is 0.369. The number of hydrogen-bond donors (Lipinski definition) is 0. The first-order chi connectivity index (χ1) is 13.7. The molecule has 28 heavy (non-hydrogen) atoms. The van der Waals surface area contributed by atoms with Crippen molar-refractivity contribution in [2.24, 2.45) is 18.9 Å². The maximum absolute atomic E-state index is 12.8. The van der Waals surface area contributed by atoms with Crippen molar-refractivity contribution in [1.29, 1.82) is 0 Å². The summed E-state index contributed by atoms with van der Waals surface area (Å²) in [5, 5.41) is 0. The van der Waals surface area contributed by atoms with Gasteiger partial charge in [0, 0.05) is 44.6 Å². The van der Waals surface area contributed by atoms with E-state index < -0.39 is 0 Å². The van der Waals surface area contributed by atoms with Crippen molar-refractivity contribution in [1.82, 2.24) is 24.4 Å². The largest absolute Gasteiger partial charge is 0.342 e. The number of carbonyl (C=O) groups excluding carboxylic acids is 1. The highest BCUT2D eigenvalue weighted by Gasteiger charge is 2.26. The van der Waals surface area contributed by atoms with Crippen molar-refractivity contribution in [3.05, 3.63) is 30.5 Å². The van der Waals surface area contributed by atoms with Gasteiger partial charge in [-0.05, 0) is 50.0 Å². The molecule has 6 nitrogen and oxygen atoms in total. The molecule has 6 heteroatoms. The predicted octanol–water partition coefficient (Wildman–Crippen LogP) is 3.63. The summed E-state index contributed by atoms with van der Waals surface area (Å²) in [6, 6.07) is 2.05. The molecular weight excluding hydrogens is 350 g/mol. The molecule has 0 radical (unpaired) electrons. The Morgan fingerprint density at radius 3 is 2.68 bits per heavy atom. The Balaban J connectivity index is 1.36. The SMILES string of the molecule is Cn1ccnc1-c1cc(C[C@@H]2CCCN(C(=O)CC3CCCCC3)C2)ncn1. The number of nitrogens with zero attached hydrogens (tertiary/aromatic N) is 5. The second kappa shape index (κ2) is 8.84. The maximum Gasteiger partial charge on any atom is 0.222 e. The fraction of sp³-hybridized carbons (Fsp3) is 0.636. The quantitative estimate of drug-likeness (QED) is 0.793. The number of imidazole rings is 1. The number of piperidine rings is 1. The van der Waals surface area contributed by atoms with Crippen LogP contribution in [-0.4, -0.2) is 43.4 Å². The van der Waals surface area contributed by atoms with Crippen LogP contribution in [0.5, 0.6) is 0 Å². The average molecular weight is 382 g/mol. The van der Waals surface area contributed by atoms with Gasteiger partial charge in [0.05, 0.1) is 0 Å². The van der Waals surface area contributed by atoms with E-state index in [9.17, 15) is 4.79 Å². The van der Waals surface area contributed by atoms with E-state index in [0.717, 1.165) is 56.0 Å². The molecule has 2 aliphatic rings. The average Bonchev–Trinajstić information content (AvgIpc) is 3.15. The monoisotopic (exact) mass is 381 g/mol. The van der Waals surface area contributed by atoms with Crippen LogP contribution >= 0.6 is 0 Å². The third-order valence-electron chi connectivity index (χ3n) is 6.33. The molecule has 1 aliphatic carbocycles. The number of hydrogen-bond acceptors (Lipinski definition) is 4. The van der Waals surface area contributed by atoms with Gasteiger partial charge in [-0.2, -0.15) is 0 Å². The molecule has 1 atom stereocenters. The summed E-state index contributed by atoms with van der Waals surface area (Å²) < 4.78 is 1.97. The van der Waals surface area contributed by atoms with Crippen molar-refractivity contribution >= 4 is 5.91 Å². The van der Waals surface area contributed by atoms with E-state index in [4.69, 9.17) is 0 Å². The topological polar surface area (TPSA) is 63.9 Å². The third-order valence-corrected chi connectivity index (χ3v) is 6.33. The predicted molar refractivity (Wildman–Crippen MR) is 108 cm³/mol. The summed E-state index contributed by atoms with van der Waals surface area (Å²) >= 11 is 0. The third kappa shape index (κ3) is 4.59. The standard InChI is InChI=1S/C22H31N5O/c1-26-11-9-23-22(26)20-14-19(24-16-25-20)12-18-8-5-10-27(15-18)21(28)13-17-6-3-2-4-7-17/h9,11,14,16-18H,2-8,10,12-13,15H2,1H3/t18-/m0/s1. The first-order valence-electron chi connectivity index (χ1n) is 10.8. The van der Waals surface area contributed by atoms with Gasteiger partial charge in [-0.25, -0.2) is 15.0 Å². The lowest BCUT2D eigenvalue weighted by atomic mass is 9.86. The van der Waals surface area contributed by atoms with E-state index in [1.54, 1.807) is 12.5 Å². The van der Waals surface area contributed by atoms with Gasteiger partial charge in [0.1, 0.15) is 12.0 Å². The zero-order valence-electron chi connectivity index (χ0n) is 16.9.